The fourth-order valence-corrected chi connectivity index (χ4v) is 9.41. The first-order chi connectivity index (χ1) is 30.2. The number of anilines is 4. The minimum atomic E-state index is -0.0740. The predicted molar refractivity (Wildman–Crippen MR) is 272 cm³/mol. The molecule has 1 aliphatic heterocycles. The molecule has 0 radical (unpaired) electrons. The largest absolute Gasteiger partial charge is 0.457 e. The molecule has 0 amide bonds. The Morgan fingerprint density at radius 1 is 0.500 bits per heavy atom. The number of nitrogens with zero attached hydrogens (tertiary/aromatic N) is 4. The second-order valence-electron chi connectivity index (χ2n) is 22.0. The Kier molecular flexibility index (Phi) is 10.4. The molecule has 0 N–H and O–H groups in total. The van der Waals surface area contributed by atoms with E-state index in [1.165, 1.54) is 61.2 Å². The van der Waals surface area contributed by atoms with Gasteiger partial charge in [0.15, 0.2) is 0 Å². The highest BCUT2D eigenvalue weighted by Crippen LogP contribution is 2.48. The molecule has 64 heavy (non-hydrogen) atoms. The van der Waals surface area contributed by atoms with Crippen LogP contribution in [0.2, 0.25) is 0 Å². The Morgan fingerprint density at radius 3 is 1.75 bits per heavy atom. The zero-order valence-electron chi connectivity index (χ0n) is 40.2. The lowest BCUT2D eigenvalue weighted by molar-refractivity contribution is 0.483. The first-order valence-electron chi connectivity index (χ1n) is 22.9. The van der Waals surface area contributed by atoms with Gasteiger partial charge in [-0.3, -0.25) is 4.57 Å². The molecular weight excluding hydrogens is 781 g/mol. The SMILES string of the molecule is Cc1cnc(-n2c3cc(Oc4cccc(N5CN(c6ccccc6C(C)(C)C)c6ccccc65)c4)ccc3c3c(C(C)(C)C)cccc32)cc1-c1cc(C(C)(C)C)cc(C(C)(C)C)c1. The molecule has 0 bridgehead atoms. The van der Waals surface area contributed by atoms with E-state index in [0.29, 0.717) is 6.67 Å². The summed E-state index contributed by atoms with van der Waals surface area (Å²) in [6.45, 7) is 30.5. The van der Waals surface area contributed by atoms with Crippen LogP contribution in [0.3, 0.4) is 0 Å². The number of pyridine rings is 1. The Hall–Kier alpha value is -6.33. The van der Waals surface area contributed by atoms with Gasteiger partial charge in [-0.2, -0.15) is 0 Å². The van der Waals surface area contributed by atoms with Crippen molar-refractivity contribution in [3.05, 3.63) is 167 Å². The molecule has 0 saturated heterocycles. The van der Waals surface area contributed by atoms with Crippen LogP contribution < -0.4 is 14.5 Å². The third-order valence-electron chi connectivity index (χ3n) is 13.0. The molecule has 0 unspecified atom stereocenters. The molecule has 9 rings (SSSR count). The zero-order chi connectivity index (χ0) is 45.5. The predicted octanol–water partition coefficient (Wildman–Crippen LogP) is 16.4. The fourth-order valence-electron chi connectivity index (χ4n) is 9.41. The first-order valence-corrected chi connectivity index (χ1v) is 22.9. The third kappa shape index (κ3) is 7.84. The van der Waals surface area contributed by atoms with Crippen molar-refractivity contribution >= 4 is 44.6 Å². The summed E-state index contributed by atoms with van der Waals surface area (Å²) in [5.74, 6) is 2.44. The van der Waals surface area contributed by atoms with Gasteiger partial charge in [-0.05, 0) is 122 Å². The van der Waals surface area contributed by atoms with Crippen LogP contribution in [0.5, 0.6) is 11.5 Å². The molecule has 6 aromatic carbocycles. The van der Waals surface area contributed by atoms with Gasteiger partial charge >= 0.3 is 0 Å². The maximum Gasteiger partial charge on any atom is 0.138 e. The van der Waals surface area contributed by atoms with Gasteiger partial charge in [0.2, 0.25) is 0 Å². The number of hydrogen-bond donors (Lipinski definition) is 0. The average Bonchev–Trinajstić information content (AvgIpc) is 3.79. The Labute approximate surface area is 381 Å². The summed E-state index contributed by atoms with van der Waals surface area (Å²) >= 11 is 0. The maximum absolute atomic E-state index is 6.86. The number of para-hydroxylation sites is 3. The molecule has 5 heteroatoms. The molecule has 0 atom stereocenters. The van der Waals surface area contributed by atoms with Crippen molar-refractivity contribution in [1.29, 1.82) is 0 Å². The van der Waals surface area contributed by atoms with Crippen molar-refractivity contribution in [2.75, 3.05) is 16.5 Å². The minimum absolute atomic E-state index is 0.000156. The van der Waals surface area contributed by atoms with Gasteiger partial charge in [0.05, 0.1) is 22.4 Å². The number of ether oxygens (including phenoxy) is 1. The van der Waals surface area contributed by atoms with Gasteiger partial charge < -0.3 is 14.5 Å². The van der Waals surface area contributed by atoms with Crippen molar-refractivity contribution in [2.24, 2.45) is 0 Å². The molecule has 0 fully saturated rings. The van der Waals surface area contributed by atoms with E-state index in [0.717, 1.165) is 39.6 Å². The van der Waals surface area contributed by atoms with Crippen LogP contribution in [-0.2, 0) is 21.7 Å². The van der Waals surface area contributed by atoms with Crippen LogP contribution in [0.15, 0.2) is 140 Å². The number of aryl methyl sites for hydroxylation is 1. The third-order valence-corrected chi connectivity index (χ3v) is 13.0. The quantitative estimate of drug-likeness (QED) is 0.167. The van der Waals surface area contributed by atoms with E-state index in [4.69, 9.17) is 9.72 Å². The van der Waals surface area contributed by atoms with Gasteiger partial charge in [0, 0.05) is 40.5 Å². The summed E-state index contributed by atoms with van der Waals surface area (Å²) in [6, 6.07) is 48.7. The summed E-state index contributed by atoms with van der Waals surface area (Å²) in [6.07, 6.45) is 2.04. The van der Waals surface area contributed by atoms with E-state index in [-0.39, 0.29) is 21.7 Å². The standard InChI is InChI=1S/C59H64N4O/c1-38-36-60-54(35-46(38)39-30-40(56(2,3)4)32-41(31-39)57(5,6)7)63-52-27-19-23-48(59(11,12)13)55(52)45-29-28-44(34-53(45)63)64-43-21-18-20-42(33-43)61-37-62(51-26-17-16-25-50(51)61)49-24-15-14-22-47(49)58(8,9)10/h14-36H,37H2,1-13H3. The van der Waals surface area contributed by atoms with E-state index in [2.05, 4.69) is 238 Å². The van der Waals surface area contributed by atoms with E-state index in [1.54, 1.807) is 0 Å². The highest BCUT2D eigenvalue weighted by atomic mass is 16.5. The summed E-state index contributed by atoms with van der Waals surface area (Å²) in [7, 11) is 0. The van der Waals surface area contributed by atoms with Gasteiger partial charge in [-0.15, -0.1) is 0 Å². The molecule has 1 aliphatic rings. The van der Waals surface area contributed by atoms with Gasteiger partial charge in [-0.25, -0.2) is 4.98 Å². The normalized spacial score (nSPS) is 13.6. The smallest absolute Gasteiger partial charge is 0.138 e. The summed E-state index contributed by atoms with van der Waals surface area (Å²) < 4.78 is 9.21. The first kappa shape index (κ1) is 42.9. The van der Waals surface area contributed by atoms with Crippen LogP contribution in [0.4, 0.5) is 22.7 Å². The Balaban J connectivity index is 1.14. The van der Waals surface area contributed by atoms with Crippen LogP contribution in [0.25, 0.3) is 38.8 Å². The topological polar surface area (TPSA) is 33.5 Å². The highest BCUT2D eigenvalue weighted by molar-refractivity contribution is 6.11. The molecule has 5 nitrogen and oxygen atoms in total. The van der Waals surface area contributed by atoms with Crippen LogP contribution in [0, 0.1) is 6.92 Å². The molecular formula is C59H64N4O. The summed E-state index contributed by atoms with van der Waals surface area (Å²) in [5.41, 5.74) is 15.7. The monoisotopic (exact) mass is 845 g/mol. The lowest BCUT2D eigenvalue weighted by Gasteiger charge is -2.29. The van der Waals surface area contributed by atoms with E-state index in [9.17, 15) is 0 Å². The molecule has 0 spiro atoms. The zero-order valence-corrected chi connectivity index (χ0v) is 40.2. The van der Waals surface area contributed by atoms with Crippen LogP contribution in [0.1, 0.15) is 111 Å². The van der Waals surface area contributed by atoms with Crippen molar-refractivity contribution in [3.8, 4) is 28.4 Å². The average molecular weight is 845 g/mol. The molecule has 2 aromatic heterocycles. The number of aromatic nitrogens is 2. The van der Waals surface area contributed by atoms with Gasteiger partial charge in [0.1, 0.15) is 24.0 Å². The molecule has 326 valence electrons. The number of fused-ring (bicyclic) bond motifs is 4. The van der Waals surface area contributed by atoms with Crippen molar-refractivity contribution in [3.63, 3.8) is 0 Å². The fraction of sp³-hybridized carbons (Fsp3) is 0.305. The molecule has 0 saturated carbocycles. The number of rotatable bonds is 6. The lowest BCUT2D eigenvalue weighted by Crippen LogP contribution is -2.26. The van der Waals surface area contributed by atoms with Crippen molar-refractivity contribution < 1.29 is 4.74 Å². The van der Waals surface area contributed by atoms with Crippen LogP contribution >= 0.6 is 0 Å². The molecule has 8 aromatic rings. The Morgan fingerprint density at radius 2 is 1.09 bits per heavy atom. The van der Waals surface area contributed by atoms with E-state index in [1.807, 2.05) is 6.20 Å². The van der Waals surface area contributed by atoms with E-state index < -0.39 is 0 Å². The highest BCUT2D eigenvalue weighted by Gasteiger charge is 2.31. The lowest BCUT2D eigenvalue weighted by atomic mass is 9.78. The Bertz CT molecular complexity index is 3040. The van der Waals surface area contributed by atoms with E-state index >= 15 is 0 Å². The van der Waals surface area contributed by atoms with Crippen LogP contribution in [-0.4, -0.2) is 16.2 Å². The molecule has 3 heterocycles. The number of hydrogen-bond acceptors (Lipinski definition) is 4. The summed E-state index contributed by atoms with van der Waals surface area (Å²) in [5, 5.41) is 2.43. The van der Waals surface area contributed by atoms with Crippen molar-refractivity contribution in [1.82, 2.24) is 9.55 Å². The number of benzene rings is 6. The maximum atomic E-state index is 6.86. The van der Waals surface area contributed by atoms with Gasteiger partial charge in [-0.1, -0.05) is 150 Å². The molecule has 0 aliphatic carbocycles. The minimum Gasteiger partial charge on any atom is -0.457 e. The summed E-state index contributed by atoms with van der Waals surface area (Å²) in [4.78, 5) is 10.0. The second kappa shape index (κ2) is 15.4. The second-order valence-corrected chi connectivity index (χ2v) is 22.0. The van der Waals surface area contributed by atoms with Crippen molar-refractivity contribution in [2.45, 2.75) is 112 Å². The van der Waals surface area contributed by atoms with Gasteiger partial charge in [0.25, 0.3) is 0 Å².